The van der Waals surface area contributed by atoms with Gasteiger partial charge in [0.15, 0.2) is 0 Å². The molecule has 4 aromatic carbocycles. The van der Waals surface area contributed by atoms with Gasteiger partial charge in [-0.1, -0.05) is 71.7 Å². The molecule has 0 atom stereocenters. The van der Waals surface area contributed by atoms with Crippen LogP contribution in [0.2, 0.25) is 10.0 Å². The molecule has 8 rings (SSSR count). The fraction of sp³-hybridized carbons (Fsp3) is 0.0714. The van der Waals surface area contributed by atoms with Crippen LogP contribution in [-0.2, 0) is 22.8 Å². The molecular formula is C42H37Cl3Cs2N6O5. The fourth-order valence-electron chi connectivity index (χ4n) is 6.23. The summed E-state index contributed by atoms with van der Waals surface area (Å²) >= 11 is 12.9. The van der Waals surface area contributed by atoms with Crippen molar-refractivity contribution in [2.24, 2.45) is 0 Å². The number of aromatic nitrogens is 4. The van der Waals surface area contributed by atoms with Crippen LogP contribution in [0.1, 0.15) is 12.8 Å². The summed E-state index contributed by atoms with van der Waals surface area (Å²) in [6.07, 6.45) is 0. The molecule has 4 aromatic heterocycles. The number of nitrogen functional groups attached to an aromatic ring is 2. The van der Waals surface area contributed by atoms with E-state index in [9.17, 15) is 5.11 Å². The summed E-state index contributed by atoms with van der Waals surface area (Å²) < 4.78 is 9.70. The molecule has 0 saturated carbocycles. The van der Waals surface area contributed by atoms with E-state index < -0.39 is 0 Å². The fourth-order valence-corrected chi connectivity index (χ4v) is 6.69. The summed E-state index contributed by atoms with van der Waals surface area (Å²) in [6.45, 7) is 0.931. The van der Waals surface area contributed by atoms with Gasteiger partial charge in [0.25, 0.3) is 6.47 Å². The van der Waals surface area contributed by atoms with Crippen molar-refractivity contribution in [1.82, 2.24) is 19.1 Å². The molecule has 0 fully saturated rings. The van der Waals surface area contributed by atoms with E-state index in [0.29, 0.717) is 34.8 Å². The first-order valence-corrected chi connectivity index (χ1v) is 17.6. The number of rotatable bonds is 8. The van der Waals surface area contributed by atoms with Gasteiger partial charge >= 0.3 is 138 Å². The van der Waals surface area contributed by atoms with Crippen molar-refractivity contribution in [2.75, 3.05) is 18.6 Å². The largest absolute Gasteiger partial charge is 1.00 e. The molecule has 0 unspecified atom stereocenters. The number of hydrogen-bond acceptors (Lipinski definition) is 9. The van der Waals surface area contributed by atoms with Crippen molar-refractivity contribution < 1.29 is 164 Å². The number of phenolic OH excluding ortho intramolecular Hbond substituents is 1. The molecule has 0 aliphatic carbocycles. The Labute approximate surface area is 470 Å². The van der Waals surface area contributed by atoms with E-state index in [2.05, 4.69) is 42.2 Å². The number of halogens is 3. The van der Waals surface area contributed by atoms with Crippen LogP contribution in [0.3, 0.4) is 0 Å². The first-order chi connectivity index (χ1) is 26.7. The number of phenols is 1. The number of anilines is 2. The monoisotopic (exact) mass is 1080 g/mol. The number of pyridine rings is 2. The van der Waals surface area contributed by atoms with E-state index in [-0.39, 0.29) is 164 Å². The summed E-state index contributed by atoms with van der Waals surface area (Å²) in [7, 11) is 1.67. The quantitative estimate of drug-likeness (QED) is 0.118. The zero-order valence-corrected chi connectivity index (χ0v) is 46.8. The molecule has 0 aliphatic heterocycles. The second-order valence-corrected chi connectivity index (χ2v) is 13.0. The van der Waals surface area contributed by atoms with Crippen molar-refractivity contribution in [1.29, 1.82) is 0 Å². The molecule has 0 bridgehead atoms. The zero-order chi connectivity index (χ0) is 38.9. The Morgan fingerprint density at radius 3 is 1.57 bits per heavy atom. The van der Waals surface area contributed by atoms with Crippen LogP contribution in [0.4, 0.5) is 11.6 Å². The number of carbonyl (C=O) groups excluding carboxylic acids is 1. The third kappa shape index (κ3) is 12.7. The predicted octanol–water partition coefficient (Wildman–Crippen LogP) is 2.67. The van der Waals surface area contributed by atoms with Gasteiger partial charge in [0.05, 0.1) is 54.0 Å². The minimum Gasteiger partial charge on any atom is -1.00 e. The van der Waals surface area contributed by atoms with Crippen LogP contribution in [-0.4, -0.2) is 37.8 Å². The predicted molar refractivity (Wildman–Crippen MR) is 224 cm³/mol. The summed E-state index contributed by atoms with van der Waals surface area (Å²) in [5.41, 5.74) is 19.3. The number of nitrogens with zero attached hydrogens (tertiary/aromatic N) is 4. The summed E-state index contributed by atoms with van der Waals surface area (Å²) in [6, 6.07) is 42.4. The van der Waals surface area contributed by atoms with E-state index in [1.807, 2.05) is 91.0 Å². The van der Waals surface area contributed by atoms with Crippen LogP contribution in [0, 0.1) is 0 Å². The number of fused-ring (bicyclic) bond motifs is 2. The Morgan fingerprint density at radius 1 is 0.690 bits per heavy atom. The van der Waals surface area contributed by atoms with E-state index in [1.165, 1.54) is 0 Å². The molecule has 0 radical (unpaired) electrons. The molecular weight excluding hydrogens is 1040 g/mol. The van der Waals surface area contributed by atoms with E-state index >= 15 is 0 Å². The SMILES string of the molecule is COc1ccc2cc(-c3ccccc3Cl)n(Cc3cccc(N)n3)c2c1.Cl.Nc1cccc(Cn2c(-c3ccccc3Cl)cc3ccc(O)cc32)n1.O=CO[O-].[Cs+].[Cs+].[H-]. The molecule has 0 saturated heterocycles. The van der Waals surface area contributed by atoms with Gasteiger partial charge in [0, 0.05) is 44.1 Å². The van der Waals surface area contributed by atoms with Crippen molar-refractivity contribution in [3.63, 3.8) is 0 Å². The second-order valence-electron chi connectivity index (χ2n) is 12.2. The number of hydrogen-bond donors (Lipinski definition) is 3. The molecule has 288 valence electrons. The number of aromatic hydroxyl groups is 1. The third-order valence-corrected chi connectivity index (χ3v) is 9.29. The van der Waals surface area contributed by atoms with Crippen molar-refractivity contribution in [2.45, 2.75) is 13.1 Å². The zero-order valence-electron chi connectivity index (χ0n) is 32.9. The van der Waals surface area contributed by atoms with Crippen LogP contribution in [0.5, 0.6) is 11.5 Å². The Bertz CT molecular complexity index is 2610. The molecule has 0 amide bonds. The average molecular weight is 1080 g/mol. The van der Waals surface area contributed by atoms with Gasteiger partial charge in [-0.3, -0.25) is 4.79 Å². The van der Waals surface area contributed by atoms with Crippen LogP contribution < -0.4 is 159 Å². The maximum absolute atomic E-state index is 9.92. The van der Waals surface area contributed by atoms with E-state index in [4.69, 9.17) is 49.5 Å². The average Bonchev–Trinajstić information content (AvgIpc) is 3.72. The Balaban J connectivity index is 0.000000351. The van der Waals surface area contributed by atoms with Gasteiger partial charge in [0.1, 0.15) is 23.1 Å². The van der Waals surface area contributed by atoms with Crippen LogP contribution in [0.25, 0.3) is 44.3 Å². The number of nitrogens with two attached hydrogens (primary N) is 2. The molecule has 0 spiro atoms. The number of ether oxygens (including phenoxy) is 1. The second kappa shape index (κ2) is 24.3. The Kier molecular flexibility index (Phi) is 21.1. The minimum absolute atomic E-state index is 0. The van der Waals surface area contributed by atoms with Gasteiger partial charge in [-0.15, -0.1) is 12.4 Å². The van der Waals surface area contributed by atoms with Crippen LogP contribution in [0.15, 0.2) is 133 Å². The van der Waals surface area contributed by atoms with Gasteiger partial charge in [-0.05, 0) is 72.8 Å². The first-order valence-electron chi connectivity index (χ1n) is 16.8. The van der Waals surface area contributed by atoms with Gasteiger partial charge in [-0.2, -0.15) is 0 Å². The minimum atomic E-state index is -0.181. The summed E-state index contributed by atoms with van der Waals surface area (Å²) in [5, 5.41) is 21.9. The number of carbonyl (C=O) groups is 1. The normalized spacial score (nSPS) is 10.1. The van der Waals surface area contributed by atoms with E-state index in [0.717, 1.165) is 61.5 Å². The molecule has 11 nitrogen and oxygen atoms in total. The number of benzene rings is 4. The number of methoxy groups -OCH3 is 1. The van der Waals surface area contributed by atoms with Gasteiger partial charge < -0.3 is 42.0 Å². The van der Waals surface area contributed by atoms with Crippen LogP contribution >= 0.6 is 35.6 Å². The molecule has 8 aromatic rings. The molecule has 0 aliphatic rings. The maximum Gasteiger partial charge on any atom is 1.00 e. The topological polar surface area (TPSA) is 166 Å². The van der Waals surface area contributed by atoms with Gasteiger partial charge in [0.2, 0.25) is 0 Å². The first kappa shape index (κ1) is 50.2. The van der Waals surface area contributed by atoms with Crippen molar-refractivity contribution in [3.8, 4) is 34.0 Å². The summed E-state index contributed by atoms with van der Waals surface area (Å²) in [5.74, 6) is 2.02. The maximum atomic E-state index is 9.92. The third-order valence-electron chi connectivity index (χ3n) is 8.63. The molecule has 4 heterocycles. The van der Waals surface area contributed by atoms with Crippen molar-refractivity contribution in [3.05, 3.63) is 155 Å². The molecule has 58 heavy (non-hydrogen) atoms. The Morgan fingerprint density at radius 2 is 1.14 bits per heavy atom. The molecule has 5 N–H and O–H groups in total. The van der Waals surface area contributed by atoms with Crippen molar-refractivity contribution >= 4 is 75.5 Å². The standard InChI is InChI=1S/C21H18ClN3O.C20H16ClN3O.CH2O3.ClH.2Cs.H/c1-26-16-10-9-14-11-20(17-6-2-3-7-18(17)22)25(19(14)12-16)13-15-5-4-8-21(23)24-15;21-17-6-2-1-5-16(17)19-10-13-8-9-15(25)11-18(13)24(19)12-14-4-3-7-20(22)23-14;2-1-4-3;;;;/h2-12H,13H2,1H3,(H2,23,24);1-11,25H,12H2,(H2,22,23);1,3H;1H;;;/q;;;;2*+1;-1/p-1. The smallest absolute Gasteiger partial charge is 1.00 e. The van der Waals surface area contributed by atoms with E-state index in [1.54, 1.807) is 31.4 Å². The molecule has 16 heteroatoms. The van der Waals surface area contributed by atoms with Gasteiger partial charge in [-0.25, -0.2) is 9.97 Å². The Hall–Kier alpha value is -2.14. The summed E-state index contributed by atoms with van der Waals surface area (Å²) in [4.78, 5) is 20.1.